The van der Waals surface area contributed by atoms with Crippen molar-refractivity contribution in [2.75, 3.05) is 13.1 Å². The monoisotopic (exact) mass is 152 g/mol. The second-order valence-corrected chi connectivity index (χ2v) is 4.19. The van der Waals surface area contributed by atoms with E-state index in [1.807, 2.05) is 0 Å². The van der Waals surface area contributed by atoms with Crippen LogP contribution in [-0.2, 0) is 0 Å². The lowest BCUT2D eigenvalue weighted by atomic mass is 10.1. The molecule has 1 fully saturated rings. The van der Waals surface area contributed by atoms with Gasteiger partial charge in [-0.05, 0) is 20.8 Å². The zero-order valence-corrected chi connectivity index (χ0v) is 7.59. The molecule has 11 heavy (non-hydrogen) atoms. The van der Waals surface area contributed by atoms with E-state index in [4.69, 9.17) is 6.57 Å². The fourth-order valence-corrected chi connectivity index (χ4v) is 1.46. The quantitative estimate of drug-likeness (QED) is 0.480. The van der Waals surface area contributed by atoms with Crippen LogP contribution in [0.4, 0.5) is 0 Å². The molecular formula is C9H16N2. The van der Waals surface area contributed by atoms with Crippen molar-refractivity contribution in [1.82, 2.24) is 4.90 Å². The highest BCUT2D eigenvalue weighted by molar-refractivity contribution is 4.93. The lowest BCUT2D eigenvalue weighted by molar-refractivity contribution is 0.174. The van der Waals surface area contributed by atoms with Gasteiger partial charge in [-0.2, -0.15) is 0 Å². The number of nitrogens with zero attached hydrogens (tertiary/aromatic N) is 2. The normalized spacial score (nSPS) is 26.9. The average Bonchev–Trinajstić information content (AvgIpc) is 2.32. The SMILES string of the molecule is [C-]#[N+][C@@H]1CCN(C(C)(C)C)C1. The third-order valence-electron chi connectivity index (χ3n) is 2.29. The number of rotatable bonds is 0. The molecule has 0 bridgehead atoms. The van der Waals surface area contributed by atoms with E-state index in [0.29, 0.717) is 0 Å². The van der Waals surface area contributed by atoms with Crippen LogP contribution in [0.3, 0.4) is 0 Å². The lowest BCUT2D eigenvalue weighted by Crippen LogP contribution is -2.39. The van der Waals surface area contributed by atoms with Crippen molar-refractivity contribution < 1.29 is 0 Å². The van der Waals surface area contributed by atoms with Crippen LogP contribution in [-0.4, -0.2) is 29.6 Å². The molecule has 0 aromatic rings. The van der Waals surface area contributed by atoms with Gasteiger partial charge in [0, 0.05) is 18.5 Å². The Bertz CT molecular complexity index is 173. The standard InChI is InChI=1S/C9H16N2/c1-9(2,3)11-6-5-8(7-11)10-4/h8H,5-7H2,1-3H3/t8-/m1/s1. The fourth-order valence-electron chi connectivity index (χ4n) is 1.46. The molecule has 1 heterocycles. The zero-order valence-electron chi connectivity index (χ0n) is 7.59. The van der Waals surface area contributed by atoms with Gasteiger partial charge in [-0.25, -0.2) is 6.57 Å². The summed E-state index contributed by atoms with van der Waals surface area (Å²) in [5.41, 5.74) is 0.249. The number of hydrogen-bond acceptors (Lipinski definition) is 1. The minimum absolute atomic E-state index is 0.249. The summed E-state index contributed by atoms with van der Waals surface area (Å²) in [6.45, 7) is 15.6. The number of hydrogen-bond donors (Lipinski definition) is 0. The van der Waals surface area contributed by atoms with Gasteiger partial charge in [-0.3, -0.25) is 4.90 Å². The summed E-state index contributed by atoms with van der Waals surface area (Å²) in [6, 6.07) is 0.259. The molecule has 62 valence electrons. The molecule has 1 atom stereocenters. The molecule has 0 radical (unpaired) electrons. The van der Waals surface area contributed by atoms with E-state index < -0.39 is 0 Å². The molecule has 0 spiro atoms. The lowest BCUT2D eigenvalue weighted by Gasteiger charge is -2.30. The zero-order chi connectivity index (χ0) is 8.48. The highest BCUT2D eigenvalue weighted by atomic mass is 15.2. The van der Waals surface area contributed by atoms with E-state index >= 15 is 0 Å². The molecule has 0 aliphatic carbocycles. The van der Waals surface area contributed by atoms with Gasteiger partial charge in [0.25, 0.3) is 0 Å². The van der Waals surface area contributed by atoms with E-state index in [0.717, 1.165) is 19.5 Å². The molecular weight excluding hydrogens is 136 g/mol. The Balaban J connectivity index is 2.50. The van der Waals surface area contributed by atoms with Gasteiger partial charge in [0.15, 0.2) is 0 Å². The summed E-state index contributed by atoms with van der Waals surface area (Å²) < 4.78 is 0. The molecule has 1 saturated heterocycles. The Labute approximate surface area is 69.0 Å². The molecule has 0 unspecified atom stereocenters. The molecule has 0 aromatic carbocycles. The summed E-state index contributed by atoms with van der Waals surface area (Å²) >= 11 is 0. The Morgan fingerprint density at radius 2 is 2.09 bits per heavy atom. The van der Waals surface area contributed by atoms with Crippen molar-refractivity contribution in [3.05, 3.63) is 11.4 Å². The van der Waals surface area contributed by atoms with Crippen molar-refractivity contribution in [2.45, 2.75) is 38.8 Å². The van der Waals surface area contributed by atoms with Gasteiger partial charge in [0.05, 0.1) is 6.54 Å². The Kier molecular flexibility index (Phi) is 2.20. The average molecular weight is 152 g/mol. The Morgan fingerprint density at radius 3 is 2.36 bits per heavy atom. The second kappa shape index (κ2) is 2.83. The van der Waals surface area contributed by atoms with Crippen molar-refractivity contribution in [1.29, 1.82) is 0 Å². The van der Waals surface area contributed by atoms with E-state index in [-0.39, 0.29) is 11.6 Å². The predicted octanol–water partition coefficient (Wildman–Crippen LogP) is 1.78. The highest BCUT2D eigenvalue weighted by Gasteiger charge is 2.32. The van der Waals surface area contributed by atoms with E-state index in [2.05, 4.69) is 30.5 Å². The Morgan fingerprint density at radius 1 is 1.45 bits per heavy atom. The van der Waals surface area contributed by atoms with Crippen LogP contribution in [0.1, 0.15) is 27.2 Å². The van der Waals surface area contributed by atoms with Crippen molar-refractivity contribution in [3.8, 4) is 0 Å². The molecule has 0 aromatic heterocycles. The summed E-state index contributed by atoms with van der Waals surface area (Å²) in [5.74, 6) is 0. The third-order valence-corrected chi connectivity index (χ3v) is 2.29. The number of likely N-dealkylation sites (tertiary alicyclic amines) is 1. The second-order valence-electron chi connectivity index (χ2n) is 4.19. The molecule has 2 heteroatoms. The van der Waals surface area contributed by atoms with E-state index in [1.54, 1.807) is 0 Å². The Hall–Kier alpha value is -0.550. The van der Waals surface area contributed by atoms with Crippen molar-refractivity contribution >= 4 is 0 Å². The summed E-state index contributed by atoms with van der Waals surface area (Å²) in [5, 5.41) is 0. The van der Waals surface area contributed by atoms with Crippen LogP contribution >= 0.6 is 0 Å². The van der Waals surface area contributed by atoms with Crippen LogP contribution in [0.5, 0.6) is 0 Å². The van der Waals surface area contributed by atoms with Crippen LogP contribution < -0.4 is 0 Å². The molecule has 2 nitrogen and oxygen atoms in total. The van der Waals surface area contributed by atoms with Gasteiger partial charge < -0.3 is 4.85 Å². The van der Waals surface area contributed by atoms with Gasteiger partial charge in [0.1, 0.15) is 0 Å². The van der Waals surface area contributed by atoms with Crippen molar-refractivity contribution in [3.63, 3.8) is 0 Å². The first kappa shape index (κ1) is 8.55. The minimum Gasteiger partial charge on any atom is -0.312 e. The van der Waals surface area contributed by atoms with Gasteiger partial charge in [-0.15, -0.1) is 0 Å². The van der Waals surface area contributed by atoms with Crippen LogP contribution in [0, 0.1) is 6.57 Å². The van der Waals surface area contributed by atoms with Crippen molar-refractivity contribution in [2.24, 2.45) is 0 Å². The van der Waals surface area contributed by atoms with Gasteiger partial charge in [-0.1, -0.05) is 0 Å². The first-order chi connectivity index (χ1) is 5.04. The van der Waals surface area contributed by atoms with Crippen LogP contribution in [0.25, 0.3) is 4.85 Å². The van der Waals surface area contributed by atoms with E-state index in [1.165, 1.54) is 0 Å². The topological polar surface area (TPSA) is 7.60 Å². The summed E-state index contributed by atoms with van der Waals surface area (Å²) in [4.78, 5) is 5.94. The van der Waals surface area contributed by atoms with Crippen LogP contribution in [0.2, 0.25) is 0 Å². The van der Waals surface area contributed by atoms with Crippen LogP contribution in [0.15, 0.2) is 0 Å². The maximum absolute atomic E-state index is 6.89. The minimum atomic E-state index is 0.249. The first-order valence-corrected chi connectivity index (χ1v) is 4.15. The largest absolute Gasteiger partial charge is 0.312 e. The van der Waals surface area contributed by atoms with Gasteiger partial charge in [0.2, 0.25) is 6.04 Å². The van der Waals surface area contributed by atoms with E-state index in [9.17, 15) is 0 Å². The fraction of sp³-hybridized carbons (Fsp3) is 0.889. The maximum Gasteiger partial charge on any atom is 0.237 e. The molecule has 0 saturated carbocycles. The summed E-state index contributed by atoms with van der Waals surface area (Å²) in [6.07, 6.45) is 1.06. The maximum atomic E-state index is 6.89. The smallest absolute Gasteiger partial charge is 0.237 e. The first-order valence-electron chi connectivity index (χ1n) is 4.15. The molecule has 1 aliphatic rings. The highest BCUT2D eigenvalue weighted by Crippen LogP contribution is 2.21. The predicted molar refractivity (Wildman–Crippen MR) is 46.3 cm³/mol. The van der Waals surface area contributed by atoms with Gasteiger partial charge >= 0.3 is 0 Å². The molecule has 1 aliphatic heterocycles. The molecule has 1 rings (SSSR count). The molecule has 0 amide bonds. The summed E-state index contributed by atoms with van der Waals surface area (Å²) in [7, 11) is 0. The third kappa shape index (κ3) is 1.94. The molecule has 0 N–H and O–H groups in total.